The molecule has 1 aliphatic carbocycles. The number of fused-ring (bicyclic) bond motifs is 1. The summed E-state index contributed by atoms with van der Waals surface area (Å²) in [4.78, 5) is 11.9. The number of ether oxygens (including phenoxy) is 1. The van der Waals surface area contributed by atoms with Gasteiger partial charge in [0.15, 0.2) is 0 Å². The lowest BCUT2D eigenvalue weighted by Gasteiger charge is -2.53. The average Bonchev–Trinajstić information content (AvgIpc) is 2.36. The largest absolute Gasteiger partial charge is 0.380 e. The van der Waals surface area contributed by atoms with Gasteiger partial charge < -0.3 is 10.1 Å². The minimum atomic E-state index is 0.0833. The molecule has 3 fully saturated rings. The van der Waals surface area contributed by atoms with Crippen LogP contribution in [0.1, 0.15) is 39.0 Å². The first kappa shape index (κ1) is 9.64. The van der Waals surface area contributed by atoms with Crippen LogP contribution in [-0.2, 0) is 9.53 Å². The maximum Gasteiger partial charge on any atom is 0.224 e. The van der Waals surface area contributed by atoms with E-state index in [-0.39, 0.29) is 22.8 Å². The number of rotatable bonds is 0. The van der Waals surface area contributed by atoms with Crippen molar-refractivity contribution in [3.63, 3.8) is 0 Å². The van der Waals surface area contributed by atoms with Crippen LogP contribution < -0.4 is 5.32 Å². The van der Waals surface area contributed by atoms with Crippen LogP contribution in [0.2, 0.25) is 0 Å². The summed E-state index contributed by atoms with van der Waals surface area (Å²) >= 11 is 0. The van der Waals surface area contributed by atoms with Crippen molar-refractivity contribution >= 4 is 5.91 Å². The van der Waals surface area contributed by atoms with Crippen LogP contribution in [0, 0.1) is 11.3 Å². The fraction of sp³-hybridized carbons (Fsp3) is 0.917. The van der Waals surface area contributed by atoms with Crippen molar-refractivity contribution in [2.45, 2.75) is 44.6 Å². The topological polar surface area (TPSA) is 38.3 Å². The van der Waals surface area contributed by atoms with Crippen molar-refractivity contribution in [1.29, 1.82) is 0 Å². The fourth-order valence-electron chi connectivity index (χ4n) is 3.76. The van der Waals surface area contributed by atoms with E-state index in [2.05, 4.69) is 12.2 Å². The highest BCUT2D eigenvalue weighted by atomic mass is 16.5. The molecule has 1 saturated carbocycles. The SMILES string of the molecule is CC1C(=O)NC2(CCCCC2)C12COC2. The van der Waals surface area contributed by atoms with E-state index in [1.165, 1.54) is 19.3 Å². The van der Waals surface area contributed by atoms with E-state index < -0.39 is 0 Å². The van der Waals surface area contributed by atoms with Gasteiger partial charge in [0.1, 0.15) is 0 Å². The number of carbonyl (C=O) groups is 1. The smallest absolute Gasteiger partial charge is 0.224 e. The highest BCUT2D eigenvalue weighted by molar-refractivity contribution is 5.84. The van der Waals surface area contributed by atoms with E-state index in [1.807, 2.05) is 0 Å². The lowest BCUT2D eigenvalue weighted by atomic mass is 9.59. The Morgan fingerprint density at radius 3 is 2.47 bits per heavy atom. The number of hydrogen-bond acceptors (Lipinski definition) is 2. The van der Waals surface area contributed by atoms with Crippen molar-refractivity contribution in [2.24, 2.45) is 11.3 Å². The first-order chi connectivity index (χ1) is 7.20. The van der Waals surface area contributed by atoms with Crippen LogP contribution in [0.25, 0.3) is 0 Å². The molecule has 3 aliphatic rings. The molecule has 1 amide bonds. The van der Waals surface area contributed by atoms with Crippen molar-refractivity contribution < 1.29 is 9.53 Å². The molecule has 0 aromatic rings. The molecular formula is C12H19NO2. The second kappa shape index (κ2) is 2.97. The molecule has 15 heavy (non-hydrogen) atoms. The fourth-order valence-corrected chi connectivity index (χ4v) is 3.76. The van der Waals surface area contributed by atoms with Gasteiger partial charge in [-0.25, -0.2) is 0 Å². The summed E-state index contributed by atoms with van der Waals surface area (Å²) in [5, 5.41) is 3.29. The lowest BCUT2D eigenvalue weighted by Crippen LogP contribution is -2.63. The zero-order valence-electron chi connectivity index (χ0n) is 9.34. The molecule has 0 radical (unpaired) electrons. The van der Waals surface area contributed by atoms with Gasteiger partial charge >= 0.3 is 0 Å². The van der Waals surface area contributed by atoms with E-state index in [9.17, 15) is 4.79 Å². The average molecular weight is 209 g/mol. The molecule has 84 valence electrons. The van der Waals surface area contributed by atoms with Gasteiger partial charge in [-0.1, -0.05) is 26.2 Å². The molecule has 1 unspecified atom stereocenters. The summed E-state index contributed by atoms with van der Waals surface area (Å²) in [5.74, 6) is 0.393. The molecule has 0 bridgehead atoms. The number of hydrogen-bond donors (Lipinski definition) is 1. The van der Waals surface area contributed by atoms with Crippen LogP contribution in [0.3, 0.4) is 0 Å². The molecule has 3 rings (SSSR count). The molecule has 1 atom stereocenters. The maximum absolute atomic E-state index is 11.9. The van der Waals surface area contributed by atoms with Gasteiger partial charge in [-0.3, -0.25) is 4.79 Å². The molecule has 2 saturated heterocycles. The summed E-state index contributed by atoms with van der Waals surface area (Å²) in [6.45, 7) is 3.64. The zero-order chi connectivity index (χ0) is 10.5. The molecule has 0 aromatic carbocycles. The third-order valence-electron chi connectivity index (χ3n) is 4.96. The minimum Gasteiger partial charge on any atom is -0.380 e. The van der Waals surface area contributed by atoms with Gasteiger partial charge in [0.05, 0.1) is 24.2 Å². The van der Waals surface area contributed by atoms with Gasteiger partial charge in [-0.15, -0.1) is 0 Å². The minimum absolute atomic E-state index is 0.0833. The highest BCUT2D eigenvalue weighted by Crippen LogP contribution is 2.55. The Hall–Kier alpha value is -0.570. The Labute approximate surface area is 90.6 Å². The van der Waals surface area contributed by atoms with E-state index in [1.54, 1.807) is 0 Å². The van der Waals surface area contributed by atoms with Crippen LogP contribution in [0.4, 0.5) is 0 Å². The first-order valence-corrected chi connectivity index (χ1v) is 6.10. The number of nitrogens with one attached hydrogen (secondary N) is 1. The predicted octanol–water partition coefficient (Wildman–Crippen LogP) is 1.47. The summed E-state index contributed by atoms with van der Waals surface area (Å²) in [7, 11) is 0. The monoisotopic (exact) mass is 209 g/mol. The molecule has 3 heteroatoms. The Bertz CT molecular complexity index is 290. The van der Waals surface area contributed by atoms with E-state index in [0.717, 1.165) is 26.1 Å². The second-order valence-corrected chi connectivity index (χ2v) is 5.50. The molecular weight excluding hydrogens is 190 g/mol. The van der Waals surface area contributed by atoms with Gasteiger partial charge in [0.2, 0.25) is 5.91 Å². The van der Waals surface area contributed by atoms with Crippen LogP contribution in [0.15, 0.2) is 0 Å². The van der Waals surface area contributed by atoms with E-state index in [4.69, 9.17) is 4.74 Å². The van der Waals surface area contributed by atoms with Crippen molar-refractivity contribution in [2.75, 3.05) is 13.2 Å². The third kappa shape index (κ3) is 1.02. The summed E-state index contributed by atoms with van der Waals surface area (Å²) in [5.41, 5.74) is 0.213. The molecule has 0 aromatic heterocycles. The Morgan fingerprint density at radius 2 is 1.93 bits per heavy atom. The van der Waals surface area contributed by atoms with Gasteiger partial charge in [0.25, 0.3) is 0 Å². The van der Waals surface area contributed by atoms with Crippen LogP contribution in [-0.4, -0.2) is 24.7 Å². The highest BCUT2D eigenvalue weighted by Gasteiger charge is 2.65. The zero-order valence-corrected chi connectivity index (χ0v) is 9.34. The van der Waals surface area contributed by atoms with Crippen molar-refractivity contribution in [3.05, 3.63) is 0 Å². The summed E-state index contributed by atoms with van der Waals surface area (Å²) in [6, 6.07) is 0. The lowest BCUT2D eigenvalue weighted by molar-refractivity contribution is -0.173. The van der Waals surface area contributed by atoms with Crippen LogP contribution >= 0.6 is 0 Å². The molecule has 2 spiro atoms. The van der Waals surface area contributed by atoms with Gasteiger partial charge in [-0.05, 0) is 12.8 Å². The molecule has 2 heterocycles. The molecule has 1 N–H and O–H groups in total. The van der Waals surface area contributed by atoms with Crippen LogP contribution in [0.5, 0.6) is 0 Å². The van der Waals surface area contributed by atoms with Gasteiger partial charge in [-0.2, -0.15) is 0 Å². The van der Waals surface area contributed by atoms with E-state index in [0.29, 0.717) is 0 Å². The van der Waals surface area contributed by atoms with E-state index >= 15 is 0 Å². The Balaban J connectivity index is 1.96. The second-order valence-electron chi connectivity index (χ2n) is 5.50. The quantitative estimate of drug-likeness (QED) is 0.656. The third-order valence-corrected chi connectivity index (χ3v) is 4.96. The normalized spacial score (nSPS) is 36.6. The Morgan fingerprint density at radius 1 is 1.27 bits per heavy atom. The maximum atomic E-state index is 11.9. The number of carbonyl (C=O) groups excluding carboxylic acids is 1. The Kier molecular flexibility index (Phi) is 1.91. The predicted molar refractivity (Wildman–Crippen MR) is 56.4 cm³/mol. The summed E-state index contributed by atoms with van der Waals surface area (Å²) < 4.78 is 5.41. The number of amides is 1. The molecule has 3 nitrogen and oxygen atoms in total. The summed E-state index contributed by atoms with van der Waals surface area (Å²) in [6.07, 6.45) is 6.16. The van der Waals surface area contributed by atoms with Gasteiger partial charge in [0, 0.05) is 5.92 Å². The van der Waals surface area contributed by atoms with Crippen molar-refractivity contribution in [3.8, 4) is 0 Å². The first-order valence-electron chi connectivity index (χ1n) is 6.10. The van der Waals surface area contributed by atoms with Crippen molar-refractivity contribution in [1.82, 2.24) is 5.32 Å². The molecule has 2 aliphatic heterocycles. The standard InChI is InChI=1S/C12H19NO2/c1-9-10(14)13-12(5-3-2-4-6-12)11(9)7-15-8-11/h9H,2-8H2,1H3,(H,13,14).